The molecule has 1 aliphatic heterocycles. The predicted octanol–water partition coefficient (Wildman–Crippen LogP) is 2.81. The molecule has 1 unspecified atom stereocenters. The van der Waals surface area contributed by atoms with E-state index in [1.54, 1.807) is 54.6 Å². The zero-order chi connectivity index (χ0) is 17.7. The second kappa shape index (κ2) is 9.03. The molecule has 0 spiro atoms. The highest BCUT2D eigenvalue weighted by Gasteiger charge is 2.40. The summed E-state index contributed by atoms with van der Waals surface area (Å²) in [6.45, 7) is 2.60. The summed E-state index contributed by atoms with van der Waals surface area (Å²) < 4.78 is 5.87. The van der Waals surface area contributed by atoms with E-state index in [0.29, 0.717) is 23.8 Å². The second-order valence-electron chi connectivity index (χ2n) is 6.41. The third kappa shape index (κ3) is 4.36. The normalized spacial score (nSPS) is 17.0. The number of hydrogen-bond donors (Lipinski definition) is 3. The molecule has 140 valence electrons. The van der Waals surface area contributed by atoms with Gasteiger partial charge in [-0.25, -0.2) is 4.79 Å². The van der Waals surface area contributed by atoms with E-state index in [0.717, 1.165) is 25.9 Å². The third-order valence-corrected chi connectivity index (χ3v) is 4.70. The highest BCUT2D eigenvalue weighted by Crippen LogP contribution is 2.32. The predicted molar refractivity (Wildman–Crippen MR) is 102 cm³/mol. The lowest BCUT2D eigenvalue weighted by molar-refractivity contribution is -0.155. The van der Waals surface area contributed by atoms with Crippen LogP contribution in [0, 0.1) is 5.92 Å². The van der Waals surface area contributed by atoms with Crippen molar-refractivity contribution in [2.24, 2.45) is 5.92 Å². The van der Waals surface area contributed by atoms with Crippen LogP contribution in [0.1, 0.15) is 24.0 Å². The summed E-state index contributed by atoms with van der Waals surface area (Å²) in [4.78, 5) is 11.8. The maximum atomic E-state index is 11.8. The average Bonchev–Trinajstić information content (AvgIpc) is 2.67. The zero-order valence-corrected chi connectivity index (χ0v) is 15.2. The minimum Gasteiger partial charge on any atom is -0.493 e. The van der Waals surface area contributed by atoms with E-state index in [-0.39, 0.29) is 18.0 Å². The average molecular weight is 378 g/mol. The molecule has 26 heavy (non-hydrogen) atoms. The first-order chi connectivity index (χ1) is 12.1. The Morgan fingerprint density at radius 3 is 2.38 bits per heavy atom. The Kier molecular flexibility index (Phi) is 7.03. The van der Waals surface area contributed by atoms with Crippen LogP contribution in [0.4, 0.5) is 0 Å². The zero-order valence-electron chi connectivity index (χ0n) is 14.4. The fourth-order valence-electron chi connectivity index (χ4n) is 3.17. The van der Waals surface area contributed by atoms with Gasteiger partial charge in [-0.1, -0.05) is 42.5 Å². The third-order valence-electron chi connectivity index (χ3n) is 4.70. The van der Waals surface area contributed by atoms with E-state index >= 15 is 0 Å². The molecule has 0 saturated carbocycles. The molecule has 0 bridgehead atoms. The first-order valence-corrected chi connectivity index (χ1v) is 8.56. The van der Waals surface area contributed by atoms with E-state index in [1.807, 2.05) is 0 Å². The Balaban J connectivity index is 0.00000243. The number of aliphatic carboxylic acids is 1. The SMILES string of the molecule is Cl.O=C(O)C(O)(c1ccccc1)c1cccc(OCC2CCNCC2)c1. The van der Waals surface area contributed by atoms with Gasteiger partial charge in [-0.05, 0) is 49.5 Å². The number of nitrogens with one attached hydrogen (secondary N) is 1. The topological polar surface area (TPSA) is 78.8 Å². The first kappa shape index (κ1) is 20.2. The highest BCUT2D eigenvalue weighted by atomic mass is 35.5. The van der Waals surface area contributed by atoms with Crippen molar-refractivity contribution in [3.8, 4) is 5.75 Å². The van der Waals surface area contributed by atoms with E-state index in [1.165, 1.54) is 0 Å². The number of piperidine rings is 1. The molecule has 1 aliphatic rings. The summed E-state index contributed by atoms with van der Waals surface area (Å²) in [7, 11) is 0. The molecule has 2 aromatic carbocycles. The quantitative estimate of drug-likeness (QED) is 0.721. The minimum absolute atomic E-state index is 0. The molecule has 1 atom stereocenters. The van der Waals surface area contributed by atoms with Gasteiger partial charge in [0, 0.05) is 5.56 Å². The van der Waals surface area contributed by atoms with Gasteiger partial charge in [0.15, 0.2) is 0 Å². The molecule has 6 heteroatoms. The summed E-state index contributed by atoms with van der Waals surface area (Å²) in [6.07, 6.45) is 2.14. The number of carboxylic acids is 1. The van der Waals surface area contributed by atoms with Crippen LogP contribution in [-0.4, -0.2) is 35.9 Å². The van der Waals surface area contributed by atoms with Gasteiger partial charge in [0.1, 0.15) is 5.75 Å². The van der Waals surface area contributed by atoms with E-state index in [9.17, 15) is 15.0 Å². The van der Waals surface area contributed by atoms with Gasteiger partial charge in [-0.2, -0.15) is 0 Å². The number of carboxylic acid groups (broad SMARTS) is 1. The van der Waals surface area contributed by atoms with Crippen molar-refractivity contribution in [3.05, 3.63) is 65.7 Å². The molecule has 2 aromatic rings. The highest BCUT2D eigenvalue weighted by molar-refractivity contribution is 5.85. The Labute approximate surface area is 159 Å². The lowest BCUT2D eigenvalue weighted by Crippen LogP contribution is -2.36. The number of hydrogen-bond acceptors (Lipinski definition) is 4. The summed E-state index contributed by atoms with van der Waals surface area (Å²) in [5.41, 5.74) is -1.50. The van der Waals surface area contributed by atoms with Gasteiger partial charge in [0.25, 0.3) is 0 Å². The molecule has 0 amide bonds. The van der Waals surface area contributed by atoms with Crippen molar-refractivity contribution in [2.45, 2.75) is 18.4 Å². The number of carbonyl (C=O) groups is 1. The Morgan fingerprint density at radius 1 is 1.08 bits per heavy atom. The number of aliphatic hydroxyl groups is 1. The lowest BCUT2D eigenvalue weighted by atomic mass is 9.86. The molecular weight excluding hydrogens is 354 g/mol. The number of rotatable bonds is 6. The van der Waals surface area contributed by atoms with Crippen LogP contribution in [0.25, 0.3) is 0 Å². The number of halogens is 1. The largest absolute Gasteiger partial charge is 0.493 e. The lowest BCUT2D eigenvalue weighted by Gasteiger charge is -2.26. The maximum Gasteiger partial charge on any atom is 0.345 e. The maximum absolute atomic E-state index is 11.8. The number of ether oxygens (including phenoxy) is 1. The van der Waals surface area contributed by atoms with Crippen molar-refractivity contribution in [2.75, 3.05) is 19.7 Å². The molecule has 5 nitrogen and oxygen atoms in total. The molecular formula is C20H24ClNO4. The van der Waals surface area contributed by atoms with Crippen LogP contribution in [-0.2, 0) is 10.4 Å². The van der Waals surface area contributed by atoms with Crippen LogP contribution in [0.5, 0.6) is 5.75 Å². The van der Waals surface area contributed by atoms with Crippen LogP contribution >= 0.6 is 12.4 Å². The molecule has 1 saturated heterocycles. The Bertz CT molecular complexity index is 719. The second-order valence-corrected chi connectivity index (χ2v) is 6.41. The smallest absolute Gasteiger partial charge is 0.345 e. The van der Waals surface area contributed by atoms with Crippen LogP contribution in [0.15, 0.2) is 54.6 Å². The number of benzene rings is 2. The van der Waals surface area contributed by atoms with Gasteiger partial charge in [0.05, 0.1) is 6.61 Å². The van der Waals surface area contributed by atoms with E-state index in [4.69, 9.17) is 4.74 Å². The van der Waals surface area contributed by atoms with E-state index < -0.39 is 11.6 Å². The van der Waals surface area contributed by atoms with Crippen LogP contribution in [0.2, 0.25) is 0 Å². The fraction of sp³-hybridized carbons (Fsp3) is 0.350. The van der Waals surface area contributed by atoms with Crippen molar-refractivity contribution >= 4 is 18.4 Å². The van der Waals surface area contributed by atoms with Gasteiger partial charge in [0.2, 0.25) is 5.60 Å². The Hall–Kier alpha value is -2.08. The van der Waals surface area contributed by atoms with Crippen molar-refractivity contribution in [3.63, 3.8) is 0 Å². The fourth-order valence-corrected chi connectivity index (χ4v) is 3.17. The van der Waals surface area contributed by atoms with Crippen LogP contribution < -0.4 is 10.1 Å². The summed E-state index contributed by atoms with van der Waals surface area (Å²) in [5, 5.41) is 23.9. The molecule has 1 heterocycles. The molecule has 3 N–H and O–H groups in total. The minimum atomic E-state index is -2.10. The van der Waals surface area contributed by atoms with Crippen molar-refractivity contribution < 1.29 is 19.7 Å². The molecule has 0 radical (unpaired) electrons. The van der Waals surface area contributed by atoms with Crippen molar-refractivity contribution in [1.82, 2.24) is 5.32 Å². The van der Waals surface area contributed by atoms with Crippen molar-refractivity contribution in [1.29, 1.82) is 0 Å². The molecule has 0 aromatic heterocycles. The molecule has 0 aliphatic carbocycles. The monoisotopic (exact) mass is 377 g/mol. The first-order valence-electron chi connectivity index (χ1n) is 8.56. The summed E-state index contributed by atoms with van der Waals surface area (Å²) in [5.74, 6) is -0.238. The van der Waals surface area contributed by atoms with Crippen LogP contribution in [0.3, 0.4) is 0 Å². The summed E-state index contributed by atoms with van der Waals surface area (Å²) >= 11 is 0. The Morgan fingerprint density at radius 2 is 1.73 bits per heavy atom. The van der Waals surface area contributed by atoms with Gasteiger partial charge < -0.3 is 20.3 Å². The van der Waals surface area contributed by atoms with Gasteiger partial charge in [-0.3, -0.25) is 0 Å². The van der Waals surface area contributed by atoms with E-state index in [2.05, 4.69) is 5.32 Å². The summed E-state index contributed by atoms with van der Waals surface area (Å²) in [6, 6.07) is 15.1. The molecule has 1 fully saturated rings. The standard InChI is InChI=1S/C20H23NO4.ClH/c22-19(23)20(24,16-5-2-1-3-6-16)17-7-4-8-18(13-17)25-14-15-9-11-21-12-10-15;/h1-8,13,15,21,24H,9-12,14H2,(H,22,23);1H. The molecule has 3 rings (SSSR count). The van der Waals surface area contributed by atoms with Gasteiger partial charge >= 0.3 is 5.97 Å². The van der Waals surface area contributed by atoms with Gasteiger partial charge in [-0.15, -0.1) is 12.4 Å².